The number of thiophene rings is 1. The van der Waals surface area contributed by atoms with Crippen LogP contribution >= 0.6 is 11.3 Å². The van der Waals surface area contributed by atoms with Crippen molar-refractivity contribution in [1.82, 2.24) is 10.0 Å². The van der Waals surface area contributed by atoms with E-state index in [1.54, 1.807) is 6.07 Å². The first kappa shape index (κ1) is 15.6. The lowest BCUT2D eigenvalue weighted by Gasteiger charge is -2.22. The SMILES string of the molecule is CCC(C)(C)CNS(=O)(=O)c1ccc(CNC)s1. The van der Waals surface area contributed by atoms with E-state index in [9.17, 15) is 8.42 Å². The van der Waals surface area contributed by atoms with Gasteiger partial charge in [0.15, 0.2) is 0 Å². The molecule has 0 aliphatic rings. The Labute approximate surface area is 114 Å². The monoisotopic (exact) mass is 290 g/mol. The van der Waals surface area contributed by atoms with Gasteiger partial charge in [-0.2, -0.15) is 0 Å². The molecular weight excluding hydrogens is 268 g/mol. The van der Waals surface area contributed by atoms with Gasteiger partial charge in [0.05, 0.1) is 0 Å². The van der Waals surface area contributed by atoms with E-state index in [0.29, 0.717) is 17.3 Å². The summed E-state index contributed by atoms with van der Waals surface area (Å²) in [5, 5.41) is 3.01. The first-order chi connectivity index (χ1) is 8.30. The van der Waals surface area contributed by atoms with E-state index in [-0.39, 0.29) is 5.41 Å². The minimum Gasteiger partial charge on any atom is -0.315 e. The van der Waals surface area contributed by atoms with E-state index in [2.05, 4.69) is 30.8 Å². The Morgan fingerprint density at radius 2 is 2.00 bits per heavy atom. The average Bonchev–Trinajstić information content (AvgIpc) is 2.77. The van der Waals surface area contributed by atoms with Crippen LogP contribution < -0.4 is 10.0 Å². The zero-order valence-corrected chi connectivity index (χ0v) is 13.0. The summed E-state index contributed by atoms with van der Waals surface area (Å²) in [5.74, 6) is 0. The van der Waals surface area contributed by atoms with E-state index in [1.807, 2.05) is 13.1 Å². The highest BCUT2D eigenvalue weighted by Crippen LogP contribution is 2.23. The van der Waals surface area contributed by atoms with E-state index >= 15 is 0 Å². The van der Waals surface area contributed by atoms with Crippen LogP contribution in [0.3, 0.4) is 0 Å². The van der Waals surface area contributed by atoms with Gasteiger partial charge in [-0.3, -0.25) is 0 Å². The molecule has 0 saturated carbocycles. The third kappa shape index (κ3) is 4.35. The van der Waals surface area contributed by atoms with Crippen molar-refractivity contribution >= 4 is 21.4 Å². The molecule has 0 radical (unpaired) electrons. The molecule has 0 spiro atoms. The van der Waals surface area contributed by atoms with Gasteiger partial charge in [-0.1, -0.05) is 20.8 Å². The molecule has 0 atom stereocenters. The summed E-state index contributed by atoms with van der Waals surface area (Å²) < 4.78 is 27.3. The van der Waals surface area contributed by atoms with Crippen LogP contribution in [0.25, 0.3) is 0 Å². The largest absolute Gasteiger partial charge is 0.315 e. The number of rotatable bonds is 7. The van der Waals surface area contributed by atoms with Gasteiger partial charge in [-0.05, 0) is 31.0 Å². The maximum atomic E-state index is 12.1. The Kier molecular flexibility index (Phi) is 5.33. The van der Waals surface area contributed by atoms with Crippen molar-refractivity contribution in [3.05, 3.63) is 17.0 Å². The lowest BCUT2D eigenvalue weighted by atomic mass is 9.91. The van der Waals surface area contributed by atoms with Crippen molar-refractivity contribution in [1.29, 1.82) is 0 Å². The summed E-state index contributed by atoms with van der Waals surface area (Å²) in [5.41, 5.74) is -0.0157. The van der Waals surface area contributed by atoms with Crippen molar-refractivity contribution < 1.29 is 8.42 Å². The van der Waals surface area contributed by atoms with Crippen LogP contribution in [0, 0.1) is 5.41 Å². The highest BCUT2D eigenvalue weighted by Gasteiger charge is 2.21. The summed E-state index contributed by atoms with van der Waals surface area (Å²) in [6.45, 7) is 7.32. The van der Waals surface area contributed by atoms with Gasteiger partial charge >= 0.3 is 0 Å². The van der Waals surface area contributed by atoms with Crippen LogP contribution in [-0.2, 0) is 16.6 Å². The summed E-state index contributed by atoms with van der Waals surface area (Å²) in [4.78, 5) is 1.02. The summed E-state index contributed by atoms with van der Waals surface area (Å²) in [7, 11) is -1.52. The third-order valence-electron chi connectivity index (χ3n) is 2.95. The second kappa shape index (κ2) is 6.14. The quantitative estimate of drug-likeness (QED) is 0.809. The Balaban J connectivity index is 2.74. The molecule has 104 valence electrons. The van der Waals surface area contributed by atoms with Crippen molar-refractivity contribution in [3.63, 3.8) is 0 Å². The Morgan fingerprint density at radius 3 is 2.56 bits per heavy atom. The fraction of sp³-hybridized carbons (Fsp3) is 0.667. The van der Waals surface area contributed by atoms with Crippen molar-refractivity contribution in [2.75, 3.05) is 13.6 Å². The maximum absolute atomic E-state index is 12.1. The first-order valence-corrected chi connectivity index (χ1v) is 8.34. The van der Waals surface area contributed by atoms with Crippen LogP contribution in [0.4, 0.5) is 0 Å². The van der Waals surface area contributed by atoms with E-state index < -0.39 is 10.0 Å². The van der Waals surface area contributed by atoms with Gasteiger partial charge in [0, 0.05) is 18.0 Å². The topological polar surface area (TPSA) is 58.2 Å². The molecule has 2 N–H and O–H groups in total. The number of hydrogen-bond acceptors (Lipinski definition) is 4. The van der Waals surface area contributed by atoms with Gasteiger partial charge in [-0.15, -0.1) is 11.3 Å². The van der Waals surface area contributed by atoms with Crippen LogP contribution in [-0.4, -0.2) is 22.0 Å². The first-order valence-electron chi connectivity index (χ1n) is 6.04. The number of nitrogens with one attached hydrogen (secondary N) is 2. The number of hydrogen-bond donors (Lipinski definition) is 2. The summed E-state index contributed by atoms with van der Waals surface area (Å²) >= 11 is 1.31. The molecule has 1 heterocycles. The van der Waals surface area contributed by atoms with Crippen LogP contribution in [0.2, 0.25) is 0 Å². The molecule has 1 aromatic heterocycles. The zero-order chi connectivity index (χ0) is 13.8. The lowest BCUT2D eigenvalue weighted by molar-refractivity contribution is 0.350. The predicted octanol–water partition coefficient (Wildman–Crippen LogP) is 2.18. The van der Waals surface area contributed by atoms with Gasteiger partial charge in [-0.25, -0.2) is 13.1 Å². The van der Waals surface area contributed by atoms with Crippen molar-refractivity contribution in [2.24, 2.45) is 5.41 Å². The smallest absolute Gasteiger partial charge is 0.250 e. The minimum absolute atomic E-state index is 0.0157. The Bertz CT molecular complexity index is 478. The molecule has 1 rings (SSSR count). The molecule has 0 bridgehead atoms. The molecule has 1 aromatic rings. The second-order valence-electron chi connectivity index (χ2n) is 5.09. The number of sulfonamides is 1. The standard InChI is InChI=1S/C12H22N2O2S2/c1-5-12(2,3)9-14-18(15,16)11-7-6-10(17-11)8-13-4/h6-7,13-14H,5,8-9H2,1-4H3. The second-order valence-corrected chi connectivity index (χ2v) is 8.26. The molecule has 0 aliphatic heterocycles. The molecule has 18 heavy (non-hydrogen) atoms. The van der Waals surface area contributed by atoms with Crippen LogP contribution in [0.1, 0.15) is 32.1 Å². The van der Waals surface area contributed by atoms with Crippen LogP contribution in [0.15, 0.2) is 16.3 Å². The molecule has 0 amide bonds. The Hall–Kier alpha value is -0.430. The minimum atomic E-state index is -3.36. The lowest BCUT2D eigenvalue weighted by Crippen LogP contribution is -2.33. The zero-order valence-electron chi connectivity index (χ0n) is 11.4. The molecule has 0 unspecified atom stereocenters. The molecule has 0 saturated heterocycles. The molecule has 0 fully saturated rings. The molecule has 6 heteroatoms. The maximum Gasteiger partial charge on any atom is 0.250 e. The molecule has 0 aliphatic carbocycles. The molecule has 4 nitrogen and oxygen atoms in total. The third-order valence-corrected chi connectivity index (χ3v) is 5.93. The predicted molar refractivity (Wildman–Crippen MR) is 76.3 cm³/mol. The van der Waals surface area contributed by atoms with Crippen LogP contribution in [0.5, 0.6) is 0 Å². The van der Waals surface area contributed by atoms with E-state index in [0.717, 1.165) is 11.3 Å². The van der Waals surface area contributed by atoms with Gasteiger partial charge in [0.25, 0.3) is 0 Å². The molecular formula is C12H22N2O2S2. The van der Waals surface area contributed by atoms with Crippen molar-refractivity contribution in [2.45, 2.75) is 37.9 Å². The average molecular weight is 290 g/mol. The highest BCUT2D eigenvalue weighted by atomic mass is 32.2. The molecule has 0 aromatic carbocycles. The van der Waals surface area contributed by atoms with Gasteiger partial charge in [0.1, 0.15) is 4.21 Å². The van der Waals surface area contributed by atoms with Gasteiger partial charge < -0.3 is 5.32 Å². The fourth-order valence-corrected chi connectivity index (χ4v) is 3.91. The Morgan fingerprint density at radius 1 is 1.33 bits per heavy atom. The van der Waals surface area contributed by atoms with Crippen molar-refractivity contribution in [3.8, 4) is 0 Å². The van der Waals surface area contributed by atoms with E-state index in [4.69, 9.17) is 0 Å². The highest BCUT2D eigenvalue weighted by molar-refractivity contribution is 7.91. The summed E-state index contributed by atoms with van der Waals surface area (Å²) in [6, 6.07) is 3.51. The summed E-state index contributed by atoms with van der Waals surface area (Å²) in [6.07, 6.45) is 0.935. The fourth-order valence-electron chi connectivity index (χ4n) is 1.26. The van der Waals surface area contributed by atoms with Gasteiger partial charge in [0.2, 0.25) is 10.0 Å². The van der Waals surface area contributed by atoms with E-state index in [1.165, 1.54) is 11.3 Å². The normalized spacial score (nSPS) is 12.9.